The molecular weight excluding hydrogens is 209 g/mol. The zero-order chi connectivity index (χ0) is 10.9. The number of halogens is 1. The molecule has 0 aliphatic heterocycles. The molecule has 0 aromatic heterocycles. The summed E-state index contributed by atoms with van der Waals surface area (Å²) in [6.45, 7) is 0.673. The van der Waals surface area contributed by atoms with Crippen LogP contribution in [0, 0.1) is 5.82 Å². The topological polar surface area (TPSA) is 26.0 Å². The highest BCUT2D eigenvalue weighted by atomic mass is 32.2. The largest absolute Gasteiger partial charge is 0.330 e. The Morgan fingerprint density at radius 1 is 1.47 bits per heavy atom. The van der Waals surface area contributed by atoms with Crippen molar-refractivity contribution in [2.24, 2.45) is 5.73 Å². The molecule has 1 saturated carbocycles. The smallest absolute Gasteiger partial charge is 0.136 e. The highest BCUT2D eigenvalue weighted by Gasteiger charge is 2.37. The van der Waals surface area contributed by atoms with Crippen LogP contribution in [0.2, 0.25) is 0 Å². The van der Waals surface area contributed by atoms with Gasteiger partial charge in [0.2, 0.25) is 0 Å². The average molecular weight is 225 g/mol. The molecule has 82 valence electrons. The fourth-order valence-electron chi connectivity index (χ4n) is 2.20. The first-order valence-electron chi connectivity index (χ1n) is 5.26. The third-order valence-electron chi connectivity index (χ3n) is 3.46. The summed E-state index contributed by atoms with van der Waals surface area (Å²) in [6.07, 6.45) is 5.42. The van der Waals surface area contributed by atoms with Crippen LogP contribution < -0.4 is 5.73 Å². The zero-order valence-corrected chi connectivity index (χ0v) is 9.74. The van der Waals surface area contributed by atoms with Crippen molar-refractivity contribution in [3.05, 3.63) is 29.6 Å². The van der Waals surface area contributed by atoms with Crippen LogP contribution in [0.4, 0.5) is 4.39 Å². The quantitative estimate of drug-likeness (QED) is 0.800. The van der Waals surface area contributed by atoms with E-state index in [1.165, 1.54) is 23.7 Å². The van der Waals surface area contributed by atoms with E-state index in [0.717, 1.165) is 17.7 Å². The van der Waals surface area contributed by atoms with Gasteiger partial charge in [0.1, 0.15) is 5.82 Å². The van der Waals surface area contributed by atoms with E-state index in [2.05, 4.69) is 0 Å². The molecule has 1 nitrogen and oxygen atoms in total. The lowest BCUT2D eigenvalue weighted by Crippen LogP contribution is -2.41. The Hall–Kier alpha value is -0.540. The van der Waals surface area contributed by atoms with Gasteiger partial charge in [-0.15, -0.1) is 11.8 Å². The summed E-state index contributed by atoms with van der Waals surface area (Å²) >= 11 is 1.45. The fourth-order valence-corrected chi connectivity index (χ4v) is 2.71. The van der Waals surface area contributed by atoms with Gasteiger partial charge in [0.15, 0.2) is 0 Å². The van der Waals surface area contributed by atoms with Crippen LogP contribution in [0.3, 0.4) is 0 Å². The van der Waals surface area contributed by atoms with Crippen molar-refractivity contribution < 1.29 is 4.39 Å². The predicted molar refractivity (Wildman–Crippen MR) is 62.8 cm³/mol. The normalized spacial score (nSPS) is 18.6. The number of hydrogen-bond acceptors (Lipinski definition) is 2. The second kappa shape index (κ2) is 4.14. The molecule has 1 fully saturated rings. The summed E-state index contributed by atoms with van der Waals surface area (Å²) in [6, 6.07) is 5.42. The van der Waals surface area contributed by atoms with Crippen LogP contribution in [0.1, 0.15) is 24.8 Å². The van der Waals surface area contributed by atoms with Gasteiger partial charge in [-0.2, -0.15) is 0 Å². The van der Waals surface area contributed by atoms with E-state index < -0.39 is 0 Å². The lowest BCUT2D eigenvalue weighted by atomic mass is 9.64. The molecule has 0 saturated heterocycles. The number of rotatable bonds is 3. The molecule has 0 amide bonds. The van der Waals surface area contributed by atoms with E-state index in [4.69, 9.17) is 5.73 Å². The standard InChI is InChI=1S/C12H16FNS/c1-15-11-7-9(3-4-10(11)13)12(8-14)5-2-6-12/h3-4,7H,2,5-6,8,14H2,1H3. The number of hydrogen-bond donors (Lipinski definition) is 1. The van der Waals surface area contributed by atoms with Crippen LogP contribution in [0.5, 0.6) is 0 Å². The number of thioether (sulfide) groups is 1. The Labute approximate surface area is 94.2 Å². The molecular formula is C12H16FNS. The molecule has 3 heteroatoms. The SMILES string of the molecule is CSc1cc(C2(CN)CCC2)ccc1F. The van der Waals surface area contributed by atoms with Gasteiger partial charge in [-0.05, 0) is 36.8 Å². The van der Waals surface area contributed by atoms with Crippen LogP contribution in [-0.4, -0.2) is 12.8 Å². The highest BCUT2D eigenvalue weighted by molar-refractivity contribution is 7.98. The molecule has 0 atom stereocenters. The number of nitrogens with two attached hydrogens (primary N) is 1. The van der Waals surface area contributed by atoms with Gasteiger partial charge in [0, 0.05) is 16.9 Å². The van der Waals surface area contributed by atoms with Crippen molar-refractivity contribution in [2.75, 3.05) is 12.8 Å². The summed E-state index contributed by atoms with van der Waals surface area (Å²) in [7, 11) is 0. The molecule has 2 N–H and O–H groups in total. The van der Waals surface area contributed by atoms with Crippen molar-refractivity contribution in [1.29, 1.82) is 0 Å². The van der Waals surface area contributed by atoms with Crippen LogP contribution >= 0.6 is 11.8 Å². The number of benzene rings is 1. The maximum Gasteiger partial charge on any atom is 0.136 e. The van der Waals surface area contributed by atoms with Gasteiger partial charge < -0.3 is 5.73 Å². The molecule has 15 heavy (non-hydrogen) atoms. The lowest BCUT2D eigenvalue weighted by Gasteiger charge is -2.41. The fraction of sp³-hybridized carbons (Fsp3) is 0.500. The Balaban J connectivity index is 2.36. The second-order valence-corrected chi connectivity index (χ2v) is 5.04. The molecule has 0 bridgehead atoms. The Morgan fingerprint density at radius 3 is 2.67 bits per heavy atom. The van der Waals surface area contributed by atoms with E-state index in [1.54, 1.807) is 6.07 Å². The van der Waals surface area contributed by atoms with Crippen molar-refractivity contribution >= 4 is 11.8 Å². The van der Waals surface area contributed by atoms with Crippen LogP contribution in [0.15, 0.2) is 23.1 Å². The maximum absolute atomic E-state index is 13.3. The van der Waals surface area contributed by atoms with E-state index in [9.17, 15) is 4.39 Å². The average Bonchev–Trinajstić information content (AvgIpc) is 2.19. The van der Waals surface area contributed by atoms with Gasteiger partial charge in [0.25, 0.3) is 0 Å². The second-order valence-electron chi connectivity index (χ2n) is 4.19. The van der Waals surface area contributed by atoms with E-state index >= 15 is 0 Å². The molecule has 1 aromatic carbocycles. The van der Waals surface area contributed by atoms with Gasteiger partial charge in [-0.3, -0.25) is 0 Å². The van der Waals surface area contributed by atoms with Crippen LogP contribution in [0.25, 0.3) is 0 Å². The van der Waals surface area contributed by atoms with Crippen LogP contribution in [-0.2, 0) is 5.41 Å². The van der Waals surface area contributed by atoms with Gasteiger partial charge >= 0.3 is 0 Å². The molecule has 1 aliphatic carbocycles. The molecule has 1 aromatic rings. The van der Waals surface area contributed by atoms with Crippen molar-refractivity contribution in [3.63, 3.8) is 0 Å². The monoisotopic (exact) mass is 225 g/mol. The van der Waals surface area contributed by atoms with Gasteiger partial charge in [-0.1, -0.05) is 12.5 Å². The molecule has 0 heterocycles. The van der Waals surface area contributed by atoms with E-state index in [1.807, 2.05) is 18.4 Å². The van der Waals surface area contributed by atoms with Gasteiger partial charge in [0.05, 0.1) is 0 Å². The Kier molecular flexibility index (Phi) is 3.03. The summed E-state index contributed by atoms with van der Waals surface area (Å²) < 4.78 is 13.3. The third-order valence-corrected chi connectivity index (χ3v) is 4.22. The first kappa shape index (κ1) is 11.0. The highest BCUT2D eigenvalue weighted by Crippen LogP contribution is 2.43. The first-order valence-corrected chi connectivity index (χ1v) is 6.48. The molecule has 0 unspecified atom stereocenters. The zero-order valence-electron chi connectivity index (χ0n) is 8.92. The predicted octanol–water partition coefficient (Wildman–Crippen LogP) is 2.93. The summed E-state index contributed by atoms with van der Waals surface area (Å²) in [5.41, 5.74) is 7.18. The van der Waals surface area contributed by atoms with E-state index in [0.29, 0.717) is 6.54 Å². The third kappa shape index (κ3) is 1.79. The van der Waals surface area contributed by atoms with Crippen molar-refractivity contribution in [3.8, 4) is 0 Å². The lowest BCUT2D eigenvalue weighted by molar-refractivity contribution is 0.252. The molecule has 0 radical (unpaired) electrons. The minimum Gasteiger partial charge on any atom is -0.330 e. The maximum atomic E-state index is 13.3. The molecule has 0 spiro atoms. The first-order chi connectivity index (χ1) is 7.22. The Morgan fingerprint density at radius 2 is 2.20 bits per heavy atom. The van der Waals surface area contributed by atoms with E-state index in [-0.39, 0.29) is 11.2 Å². The van der Waals surface area contributed by atoms with Crippen molar-refractivity contribution in [1.82, 2.24) is 0 Å². The molecule has 2 rings (SSSR count). The summed E-state index contributed by atoms with van der Waals surface area (Å²) in [4.78, 5) is 0.729. The summed E-state index contributed by atoms with van der Waals surface area (Å²) in [5, 5.41) is 0. The Bertz CT molecular complexity index is 355. The minimum absolute atomic E-state index is 0.127. The molecule has 1 aliphatic rings. The van der Waals surface area contributed by atoms with Crippen molar-refractivity contribution in [2.45, 2.75) is 29.6 Å². The minimum atomic E-state index is -0.127. The summed E-state index contributed by atoms with van der Waals surface area (Å²) in [5.74, 6) is -0.127. The van der Waals surface area contributed by atoms with Gasteiger partial charge in [-0.25, -0.2) is 4.39 Å².